The van der Waals surface area contributed by atoms with Crippen LogP contribution in [0.15, 0.2) is 41.1 Å². The number of nitrogens with one attached hydrogen (secondary N) is 2. The lowest BCUT2D eigenvalue weighted by Gasteiger charge is -2.37. The number of allylic oxidation sites excluding steroid dienone is 1. The molecule has 33 heavy (non-hydrogen) atoms. The Bertz CT molecular complexity index is 981. The number of benzene rings is 1. The Balaban J connectivity index is 2.01. The summed E-state index contributed by atoms with van der Waals surface area (Å²) in [5.74, 6) is -1.91. The van der Waals surface area contributed by atoms with E-state index in [1.54, 1.807) is 27.7 Å². The van der Waals surface area contributed by atoms with E-state index in [2.05, 4.69) is 23.6 Å². The number of amides is 1. The average molecular weight is 477 g/mol. The maximum absolute atomic E-state index is 13.6. The molecule has 0 radical (unpaired) electrons. The summed E-state index contributed by atoms with van der Waals surface area (Å²) < 4.78 is 17.0. The van der Waals surface area contributed by atoms with Gasteiger partial charge >= 0.3 is 5.97 Å². The van der Waals surface area contributed by atoms with Gasteiger partial charge in [-0.1, -0.05) is 23.7 Å². The zero-order valence-corrected chi connectivity index (χ0v) is 20.8. The molecule has 8 heteroatoms. The molecule has 2 aliphatic rings. The molecule has 1 aliphatic carbocycles. The first-order chi connectivity index (χ1) is 15.5. The molecule has 0 aromatic heterocycles. The maximum Gasteiger partial charge on any atom is 0.344 e. The summed E-state index contributed by atoms with van der Waals surface area (Å²) in [7, 11) is 1.37. The minimum atomic E-state index is -1.73. The van der Waals surface area contributed by atoms with Gasteiger partial charge in [-0.15, -0.1) is 0 Å². The Morgan fingerprint density at radius 2 is 2.03 bits per heavy atom. The zero-order valence-electron chi connectivity index (χ0n) is 20.1. The molecule has 0 spiro atoms. The summed E-state index contributed by atoms with van der Waals surface area (Å²) in [5, 5.41) is 6.66. The molecule has 0 saturated heterocycles. The molecule has 3 unspecified atom stereocenters. The topological polar surface area (TPSA) is 85.9 Å². The molecule has 3 rings (SSSR count). The minimum Gasteiger partial charge on any atom is -0.493 e. The Kier molecular flexibility index (Phi) is 7.56. The number of methoxy groups -OCH3 is 1. The Hall–Kier alpha value is -2.35. The normalized spacial score (nSPS) is 24.8. The number of hydrogen-bond acceptors (Lipinski definition) is 6. The maximum atomic E-state index is 13.6. The number of ether oxygens (including phenoxy) is 3. The van der Waals surface area contributed by atoms with Gasteiger partial charge in [0.2, 0.25) is 11.5 Å². The predicted octanol–water partition coefficient (Wildman–Crippen LogP) is 4.23. The Morgan fingerprint density at radius 1 is 1.30 bits per heavy atom. The van der Waals surface area contributed by atoms with Crippen LogP contribution in [0.4, 0.5) is 5.69 Å². The standard InChI is InChI=1S/C25H33ClN2O5/c1-7-32-21-14-25(31-6,23(30)33-24(3,4)5)18(13-19(21)26)22(29)28-20-10-8-9-16-15(2)27-12-11-17(16)20/h8-10,13-15,18,27H,7,11-12H2,1-6H3,(H,28,29). The van der Waals surface area contributed by atoms with Crippen LogP contribution in [-0.4, -0.2) is 43.3 Å². The van der Waals surface area contributed by atoms with E-state index in [9.17, 15) is 9.59 Å². The van der Waals surface area contributed by atoms with Gasteiger partial charge in [-0.2, -0.15) is 0 Å². The van der Waals surface area contributed by atoms with Crippen LogP contribution in [0.5, 0.6) is 0 Å². The number of fused-ring (bicyclic) bond motifs is 1. The smallest absolute Gasteiger partial charge is 0.344 e. The lowest BCUT2D eigenvalue weighted by molar-refractivity contribution is -0.180. The number of hydrogen-bond donors (Lipinski definition) is 2. The first kappa shape index (κ1) is 25.3. The molecule has 0 saturated carbocycles. The van der Waals surface area contributed by atoms with Crippen LogP contribution >= 0.6 is 11.6 Å². The van der Waals surface area contributed by atoms with Crippen LogP contribution in [0.3, 0.4) is 0 Å². The summed E-state index contributed by atoms with van der Waals surface area (Å²) in [6.07, 6.45) is 3.73. The molecule has 1 amide bonds. The van der Waals surface area contributed by atoms with Crippen molar-refractivity contribution in [3.8, 4) is 0 Å². The van der Waals surface area contributed by atoms with Gasteiger partial charge in [0.15, 0.2) is 0 Å². The third-order valence-electron chi connectivity index (χ3n) is 5.76. The van der Waals surface area contributed by atoms with Crippen molar-refractivity contribution in [1.82, 2.24) is 5.32 Å². The third-order valence-corrected chi connectivity index (χ3v) is 6.07. The molecule has 2 N–H and O–H groups in total. The number of esters is 1. The Labute approximate surface area is 200 Å². The van der Waals surface area contributed by atoms with Crippen molar-refractivity contribution in [3.63, 3.8) is 0 Å². The fourth-order valence-corrected chi connectivity index (χ4v) is 4.43. The van der Waals surface area contributed by atoms with E-state index in [0.29, 0.717) is 12.3 Å². The van der Waals surface area contributed by atoms with Gasteiger partial charge < -0.3 is 24.8 Å². The first-order valence-electron chi connectivity index (χ1n) is 11.2. The van der Waals surface area contributed by atoms with Crippen LogP contribution in [0.25, 0.3) is 0 Å². The molecule has 1 aliphatic heterocycles. The van der Waals surface area contributed by atoms with Crippen molar-refractivity contribution in [3.05, 3.63) is 52.3 Å². The van der Waals surface area contributed by atoms with E-state index in [1.807, 2.05) is 12.1 Å². The second-order valence-corrected chi connectivity index (χ2v) is 9.63. The van der Waals surface area contributed by atoms with Crippen LogP contribution in [-0.2, 0) is 30.2 Å². The summed E-state index contributed by atoms with van der Waals surface area (Å²) in [5.41, 5.74) is 0.415. The molecular formula is C25H33ClN2O5. The van der Waals surface area contributed by atoms with Crippen LogP contribution in [0.2, 0.25) is 0 Å². The van der Waals surface area contributed by atoms with Crippen LogP contribution < -0.4 is 10.6 Å². The molecule has 1 heterocycles. The molecular weight excluding hydrogens is 444 g/mol. The van der Waals surface area contributed by atoms with E-state index in [1.165, 1.54) is 19.3 Å². The lowest BCUT2D eigenvalue weighted by Crippen LogP contribution is -2.54. The van der Waals surface area contributed by atoms with Crippen molar-refractivity contribution in [1.29, 1.82) is 0 Å². The second kappa shape index (κ2) is 9.87. The van der Waals surface area contributed by atoms with Crippen molar-refractivity contribution in [2.45, 2.75) is 58.3 Å². The highest BCUT2D eigenvalue weighted by Crippen LogP contribution is 2.39. The monoisotopic (exact) mass is 476 g/mol. The highest BCUT2D eigenvalue weighted by Gasteiger charge is 2.52. The van der Waals surface area contributed by atoms with Gasteiger partial charge in [-0.05, 0) is 70.9 Å². The van der Waals surface area contributed by atoms with Gasteiger partial charge in [-0.25, -0.2) is 4.79 Å². The fraction of sp³-hybridized carbons (Fsp3) is 0.520. The van der Waals surface area contributed by atoms with Crippen molar-refractivity contribution >= 4 is 29.2 Å². The fourth-order valence-electron chi connectivity index (χ4n) is 4.20. The molecule has 0 bridgehead atoms. The molecule has 7 nitrogen and oxygen atoms in total. The number of carbonyl (C=O) groups is 2. The average Bonchev–Trinajstić information content (AvgIpc) is 2.74. The summed E-state index contributed by atoms with van der Waals surface area (Å²) in [6, 6.07) is 6.01. The minimum absolute atomic E-state index is 0.186. The van der Waals surface area contributed by atoms with Gasteiger partial charge in [0.1, 0.15) is 17.3 Å². The quantitative estimate of drug-likeness (QED) is 0.597. The summed E-state index contributed by atoms with van der Waals surface area (Å²) in [6.45, 7) is 10.3. The number of rotatable bonds is 6. The van der Waals surface area contributed by atoms with Crippen molar-refractivity contribution in [2.24, 2.45) is 5.92 Å². The lowest BCUT2D eigenvalue weighted by atomic mass is 9.81. The molecule has 1 aromatic rings. The van der Waals surface area contributed by atoms with E-state index in [-0.39, 0.29) is 16.8 Å². The van der Waals surface area contributed by atoms with Crippen molar-refractivity contribution in [2.75, 3.05) is 25.6 Å². The largest absolute Gasteiger partial charge is 0.493 e. The first-order valence-corrected chi connectivity index (χ1v) is 11.6. The van der Waals surface area contributed by atoms with E-state index >= 15 is 0 Å². The second-order valence-electron chi connectivity index (χ2n) is 9.22. The number of carbonyl (C=O) groups excluding carboxylic acids is 2. The molecule has 180 valence electrons. The van der Waals surface area contributed by atoms with Crippen molar-refractivity contribution < 1.29 is 23.8 Å². The molecule has 3 atom stereocenters. The molecule has 1 aromatic carbocycles. The Morgan fingerprint density at radius 3 is 2.67 bits per heavy atom. The predicted molar refractivity (Wildman–Crippen MR) is 128 cm³/mol. The van der Waals surface area contributed by atoms with Gasteiger partial charge in [0.05, 0.1) is 11.6 Å². The number of anilines is 1. The zero-order chi connectivity index (χ0) is 24.4. The van der Waals surface area contributed by atoms with Crippen LogP contribution in [0, 0.1) is 5.92 Å². The third kappa shape index (κ3) is 5.26. The molecule has 0 fully saturated rings. The van der Waals surface area contributed by atoms with Gasteiger partial charge in [-0.3, -0.25) is 4.79 Å². The summed E-state index contributed by atoms with van der Waals surface area (Å²) >= 11 is 6.43. The highest BCUT2D eigenvalue weighted by atomic mass is 35.5. The summed E-state index contributed by atoms with van der Waals surface area (Å²) in [4.78, 5) is 27.0. The van der Waals surface area contributed by atoms with E-state index < -0.39 is 29.0 Å². The SMILES string of the molecule is CCOC1=CC(OC)(C(=O)OC(C)(C)C)C(C(=O)Nc2cccc3c2CCNC3C)C=C1Cl. The highest BCUT2D eigenvalue weighted by molar-refractivity contribution is 6.32. The van der Waals surface area contributed by atoms with E-state index in [0.717, 1.165) is 24.1 Å². The van der Waals surface area contributed by atoms with E-state index in [4.69, 9.17) is 25.8 Å². The van der Waals surface area contributed by atoms with Gasteiger partial charge in [0.25, 0.3) is 0 Å². The van der Waals surface area contributed by atoms with Crippen LogP contribution in [0.1, 0.15) is 51.8 Å². The van der Waals surface area contributed by atoms with Gasteiger partial charge in [0, 0.05) is 24.9 Å². The number of halogens is 1.